The van der Waals surface area contributed by atoms with Crippen LogP contribution in [0.2, 0.25) is 0 Å². The van der Waals surface area contributed by atoms with Gasteiger partial charge in [-0.15, -0.1) is 0 Å². The van der Waals surface area contributed by atoms with Crippen molar-refractivity contribution in [3.8, 4) is 0 Å². The van der Waals surface area contributed by atoms with Gasteiger partial charge in [0.25, 0.3) is 0 Å². The summed E-state index contributed by atoms with van der Waals surface area (Å²) in [4.78, 5) is 0. The van der Waals surface area contributed by atoms with Crippen LogP contribution in [0.3, 0.4) is 0 Å². The average molecular weight is 226 g/mol. The first kappa shape index (κ1) is 16.6. The Kier molecular flexibility index (Phi) is 8.30. The van der Waals surface area contributed by atoms with Gasteiger partial charge in [-0.05, 0) is 25.5 Å². The molecule has 0 aliphatic heterocycles. The lowest BCUT2D eigenvalue weighted by molar-refractivity contribution is -0.156. The van der Waals surface area contributed by atoms with Crippen molar-refractivity contribution < 1.29 is 17.6 Å². The van der Waals surface area contributed by atoms with Gasteiger partial charge in [0.05, 0.1) is 5.92 Å². The maximum Gasteiger partial charge on any atom is 0.394 e. The SMILES string of the molecule is C/C=C(C)\C(F)=C/C(C)C(F)(F)F.CC. The van der Waals surface area contributed by atoms with Crippen molar-refractivity contribution >= 4 is 0 Å². The standard InChI is InChI=1S/C9H12F4.C2H6/c1-4-6(2)8(10)5-7(3)9(11,12)13;1-2/h4-5,7H,1-3H3;1-2H3/b6-4-,8-5+;. The molecule has 4 heteroatoms. The second-order valence-corrected chi connectivity index (χ2v) is 2.82. The van der Waals surface area contributed by atoms with Crippen molar-refractivity contribution in [1.29, 1.82) is 0 Å². The normalized spacial score (nSPS) is 15.5. The van der Waals surface area contributed by atoms with Crippen LogP contribution in [-0.4, -0.2) is 6.18 Å². The van der Waals surface area contributed by atoms with Gasteiger partial charge in [0, 0.05) is 0 Å². The molecule has 0 radical (unpaired) electrons. The first-order valence-electron chi connectivity index (χ1n) is 4.86. The van der Waals surface area contributed by atoms with Crippen LogP contribution in [-0.2, 0) is 0 Å². The predicted molar refractivity (Wildman–Crippen MR) is 55.2 cm³/mol. The highest BCUT2D eigenvalue weighted by Gasteiger charge is 2.34. The lowest BCUT2D eigenvalue weighted by Gasteiger charge is -2.11. The van der Waals surface area contributed by atoms with Crippen LogP contribution in [0.4, 0.5) is 17.6 Å². The van der Waals surface area contributed by atoms with Gasteiger partial charge < -0.3 is 0 Å². The van der Waals surface area contributed by atoms with Crippen molar-refractivity contribution in [3.05, 3.63) is 23.6 Å². The molecule has 0 saturated carbocycles. The molecule has 0 spiro atoms. The summed E-state index contributed by atoms with van der Waals surface area (Å²) < 4.78 is 48.7. The third-order valence-corrected chi connectivity index (χ3v) is 1.72. The van der Waals surface area contributed by atoms with Gasteiger partial charge in [0.15, 0.2) is 0 Å². The van der Waals surface area contributed by atoms with Crippen molar-refractivity contribution in [3.63, 3.8) is 0 Å². The molecule has 0 aromatic rings. The van der Waals surface area contributed by atoms with E-state index in [1.54, 1.807) is 6.92 Å². The molecule has 15 heavy (non-hydrogen) atoms. The van der Waals surface area contributed by atoms with E-state index >= 15 is 0 Å². The highest BCUT2D eigenvalue weighted by molar-refractivity contribution is 5.22. The van der Waals surface area contributed by atoms with Gasteiger partial charge in [-0.3, -0.25) is 0 Å². The van der Waals surface area contributed by atoms with Crippen LogP contribution in [0.25, 0.3) is 0 Å². The van der Waals surface area contributed by atoms with Gasteiger partial charge in [-0.1, -0.05) is 26.8 Å². The summed E-state index contributed by atoms with van der Waals surface area (Å²) >= 11 is 0. The van der Waals surface area contributed by atoms with Crippen LogP contribution in [0.15, 0.2) is 23.6 Å². The third-order valence-electron chi connectivity index (χ3n) is 1.72. The Balaban J connectivity index is 0. The van der Waals surface area contributed by atoms with E-state index in [-0.39, 0.29) is 5.57 Å². The van der Waals surface area contributed by atoms with Crippen molar-refractivity contribution in [2.45, 2.75) is 40.8 Å². The second kappa shape index (κ2) is 7.49. The largest absolute Gasteiger partial charge is 0.394 e. The van der Waals surface area contributed by atoms with Crippen LogP contribution < -0.4 is 0 Å². The smallest absolute Gasteiger partial charge is 0.207 e. The number of alkyl halides is 3. The molecule has 0 rings (SSSR count). The van der Waals surface area contributed by atoms with E-state index in [9.17, 15) is 17.6 Å². The van der Waals surface area contributed by atoms with Crippen molar-refractivity contribution in [2.75, 3.05) is 0 Å². The Morgan fingerprint density at radius 3 is 1.87 bits per heavy atom. The fourth-order valence-corrected chi connectivity index (χ4v) is 0.583. The molecule has 0 N–H and O–H groups in total. The monoisotopic (exact) mass is 226 g/mol. The van der Waals surface area contributed by atoms with E-state index in [4.69, 9.17) is 0 Å². The zero-order valence-electron chi connectivity index (χ0n) is 9.74. The molecule has 0 aliphatic carbocycles. The van der Waals surface area contributed by atoms with Crippen LogP contribution >= 0.6 is 0 Å². The molecule has 0 aliphatic rings. The second-order valence-electron chi connectivity index (χ2n) is 2.82. The number of rotatable bonds is 2. The first-order valence-corrected chi connectivity index (χ1v) is 4.86. The minimum atomic E-state index is -4.37. The summed E-state index contributed by atoms with van der Waals surface area (Å²) in [6.07, 6.45) is -2.37. The Labute approximate surface area is 88.7 Å². The Morgan fingerprint density at radius 1 is 1.20 bits per heavy atom. The van der Waals surface area contributed by atoms with E-state index in [0.29, 0.717) is 6.08 Å². The lowest BCUT2D eigenvalue weighted by atomic mass is 10.1. The molecule has 0 amide bonds. The molecular formula is C11H18F4. The van der Waals surface area contributed by atoms with E-state index in [2.05, 4.69) is 0 Å². The number of allylic oxidation sites excluding steroid dienone is 4. The summed E-state index contributed by atoms with van der Waals surface area (Å²) in [6, 6.07) is 0. The Bertz CT molecular complexity index is 223. The molecule has 0 bridgehead atoms. The molecule has 0 aromatic carbocycles. The minimum Gasteiger partial charge on any atom is -0.207 e. The summed E-state index contributed by atoms with van der Waals surface area (Å²) in [7, 11) is 0. The molecule has 0 fully saturated rings. The van der Waals surface area contributed by atoms with E-state index in [1.807, 2.05) is 13.8 Å². The van der Waals surface area contributed by atoms with Crippen LogP contribution in [0.1, 0.15) is 34.6 Å². The summed E-state index contributed by atoms with van der Waals surface area (Å²) in [6.45, 7) is 7.92. The van der Waals surface area contributed by atoms with E-state index in [0.717, 1.165) is 6.92 Å². The molecule has 1 atom stereocenters. The van der Waals surface area contributed by atoms with Crippen LogP contribution in [0, 0.1) is 5.92 Å². The molecule has 0 saturated heterocycles. The van der Waals surface area contributed by atoms with Gasteiger partial charge >= 0.3 is 6.18 Å². The third kappa shape index (κ3) is 7.17. The lowest BCUT2D eigenvalue weighted by Crippen LogP contribution is -2.17. The maximum atomic E-state index is 12.9. The molecule has 0 heterocycles. The number of halogens is 4. The molecule has 0 aromatic heterocycles. The van der Waals surface area contributed by atoms with Gasteiger partial charge in [0.2, 0.25) is 0 Å². The Hall–Kier alpha value is -0.800. The summed E-state index contributed by atoms with van der Waals surface area (Å²) in [5, 5.41) is 0. The first-order chi connectivity index (χ1) is 6.79. The quantitative estimate of drug-likeness (QED) is 0.457. The average Bonchev–Trinajstić information content (AvgIpc) is 2.18. The zero-order chi connectivity index (χ0) is 12.6. The fourth-order valence-electron chi connectivity index (χ4n) is 0.583. The fraction of sp³-hybridized carbons (Fsp3) is 0.636. The molecule has 1 unspecified atom stereocenters. The maximum absolute atomic E-state index is 12.9. The minimum absolute atomic E-state index is 0.219. The molecular weight excluding hydrogens is 208 g/mol. The zero-order valence-corrected chi connectivity index (χ0v) is 9.74. The number of hydrogen-bond acceptors (Lipinski definition) is 0. The van der Waals surface area contributed by atoms with Gasteiger partial charge in [-0.25, -0.2) is 4.39 Å². The van der Waals surface area contributed by atoms with E-state index in [1.165, 1.54) is 13.0 Å². The Morgan fingerprint density at radius 2 is 1.60 bits per heavy atom. The molecule has 0 nitrogen and oxygen atoms in total. The van der Waals surface area contributed by atoms with Crippen molar-refractivity contribution in [2.24, 2.45) is 5.92 Å². The summed E-state index contributed by atoms with van der Waals surface area (Å²) in [5.41, 5.74) is 0.219. The van der Waals surface area contributed by atoms with E-state index < -0.39 is 17.9 Å². The van der Waals surface area contributed by atoms with Crippen LogP contribution in [0.5, 0.6) is 0 Å². The summed E-state index contributed by atoms with van der Waals surface area (Å²) in [5.74, 6) is -2.56. The highest BCUT2D eigenvalue weighted by atomic mass is 19.4. The molecule has 90 valence electrons. The highest BCUT2D eigenvalue weighted by Crippen LogP contribution is 2.28. The predicted octanol–water partition coefficient (Wildman–Crippen LogP) is 5.03. The topological polar surface area (TPSA) is 0 Å². The van der Waals surface area contributed by atoms with Gasteiger partial charge in [0.1, 0.15) is 5.83 Å². The number of hydrogen-bond donors (Lipinski definition) is 0. The van der Waals surface area contributed by atoms with Crippen molar-refractivity contribution in [1.82, 2.24) is 0 Å². The van der Waals surface area contributed by atoms with Gasteiger partial charge in [-0.2, -0.15) is 13.2 Å².